The van der Waals surface area contributed by atoms with E-state index in [9.17, 15) is 13.2 Å². The van der Waals surface area contributed by atoms with Crippen LogP contribution >= 0.6 is 23.2 Å². The smallest absolute Gasteiger partial charge is 0.410 e. The first-order chi connectivity index (χ1) is 21.3. The number of likely N-dealkylation sites (tertiary alicyclic amines) is 1. The summed E-state index contributed by atoms with van der Waals surface area (Å²) in [4.78, 5) is 14.3. The van der Waals surface area contributed by atoms with E-state index in [1.165, 1.54) is 3.97 Å². The van der Waals surface area contributed by atoms with Gasteiger partial charge in [0.05, 0.1) is 17.0 Å². The van der Waals surface area contributed by atoms with Crippen LogP contribution in [0.5, 0.6) is 5.75 Å². The topological polar surface area (TPSA) is 89.9 Å². The molecule has 45 heavy (non-hydrogen) atoms. The number of amides is 1. The van der Waals surface area contributed by atoms with Crippen LogP contribution < -0.4 is 10.1 Å². The average Bonchev–Trinajstić information content (AvgIpc) is 3.27. The Kier molecular flexibility index (Phi) is 8.14. The van der Waals surface area contributed by atoms with Gasteiger partial charge < -0.3 is 19.7 Å². The lowest BCUT2D eigenvalue weighted by atomic mass is 10.0. The van der Waals surface area contributed by atoms with Gasteiger partial charge in [-0.3, -0.25) is 0 Å². The second kappa shape index (κ2) is 11.8. The van der Waals surface area contributed by atoms with Crippen LogP contribution in [0.25, 0.3) is 21.8 Å². The van der Waals surface area contributed by atoms with Crippen LogP contribution in [0.15, 0.2) is 83.8 Å². The number of aryl methyl sites for hydroxylation is 1. The minimum atomic E-state index is -4.06. The van der Waals surface area contributed by atoms with Crippen LogP contribution in [0.2, 0.25) is 10.0 Å². The summed E-state index contributed by atoms with van der Waals surface area (Å²) in [6.45, 7) is 8.62. The highest BCUT2D eigenvalue weighted by molar-refractivity contribution is 7.90. The Morgan fingerprint density at radius 1 is 0.889 bits per heavy atom. The average molecular weight is 667 g/mol. The summed E-state index contributed by atoms with van der Waals surface area (Å²) in [6, 6.07) is 22.9. The predicted octanol–water partition coefficient (Wildman–Crippen LogP) is 8.64. The van der Waals surface area contributed by atoms with E-state index in [-0.39, 0.29) is 23.5 Å². The van der Waals surface area contributed by atoms with Gasteiger partial charge >= 0.3 is 6.09 Å². The molecule has 1 aliphatic rings. The number of anilines is 2. The normalized spacial score (nSPS) is 14.0. The molecule has 2 heterocycles. The van der Waals surface area contributed by atoms with E-state index in [2.05, 4.69) is 5.32 Å². The van der Waals surface area contributed by atoms with Gasteiger partial charge in [-0.1, -0.05) is 40.9 Å². The zero-order chi connectivity index (χ0) is 32.1. The van der Waals surface area contributed by atoms with Crippen LogP contribution in [-0.4, -0.2) is 48.7 Å². The molecule has 1 fully saturated rings. The Morgan fingerprint density at radius 3 is 2.22 bits per heavy atom. The molecule has 8 nitrogen and oxygen atoms in total. The van der Waals surface area contributed by atoms with Gasteiger partial charge in [-0.15, -0.1) is 0 Å². The number of hydrogen-bond donors (Lipinski definition) is 1. The van der Waals surface area contributed by atoms with Crippen molar-refractivity contribution in [3.05, 3.63) is 94.5 Å². The second-order valence-electron chi connectivity index (χ2n) is 12.3. The number of rotatable bonds is 7. The maximum absolute atomic E-state index is 14.3. The number of hydrogen-bond acceptors (Lipinski definition) is 6. The summed E-state index contributed by atoms with van der Waals surface area (Å²) >= 11 is 12.6. The number of carbonyl (C=O) groups is 1. The van der Waals surface area contributed by atoms with Gasteiger partial charge in [0.2, 0.25) is 0 Å². The van der Waals surface area contributed by atoms with E-state index in [4.69, 9.17) is 32.7 Å². The quantitative estimate of drug-likeness (QED) is 0.187. The lowest BCUT2D eigenvalue weighted by Crippen LogP contribution is -2.53. The fourth-order valence-corrected chi connectivity index (χ4v) is 7.19. The molecular weight excluding hydrogens is 633 g/mol. The lowest BCUT2D eigenvalue weighted by molar-refractivity contribution is -0.00774. The van der Waals surface area contributed by atoms with Gasteiger partial charge in [0.15, 0.2) is 0 Å². The largest absolute Gasteiger partial charge is 0.491 e. The summed E-state index contributed by atoms with van der Waals surface area (Å²) in [7, 11) is -4.06. The van der Waals surface area contributed by atoms with Gasteiger partial charge in [0.25, 0.3) is 10.0 Å². The molecule has 1 aromatic heterocycles. The van der Waals surface area contributed by atoms with Crippen molar-refractivity contribution < 1.29 is 22.7 Å². The predicted molar refractivity (Wildman–Crippen MR) is 180 cm³/mol. The third-order valence-corrected chi connectivity index (χ3v) is 9.74. The molecule has 4 aromatic carbocycles. The van der Waals surface area contributed by atoms with Crippen molar-refractivity contribution in [1.29, 1.82) is 0 Å². The summed E-state index contributed by atoms with van der Waals surface area (Å²) < 4.78 is 41.9. The number of nitrogens with one attached hydrogen (secondary N) is 1. The first kappa shape index (κ1) is 31.1. The van der Waals surface area contributed by atoms with Crippen molar-refractivity contribution in [2.75, 3.05) is 25.0 Å². The molecule has 0 saturated carbocycles. The van der Waals surface area contributed by atoms with Gasteiger partial charge in [-0.25, -0.2) is 17.2 Å². The molecule has 0 bridgehead atoms. The van der Waals surface area contributed by atoms with Crippen LogP contribution in [-0.2, 0) is 14.8 Å². The number of ether oxygens (including phenoxy) is 2. The standard InChI is InChI=1S/C34H33Cl2N3O5S/c1-21-5-12-27(13-6-21)45(41,42)39-30-14-9-24(36)15-28(30)29-16-26(37-25-10-7-23(35)8-11-25)17-31(32(29)39)43-20-22-18-38(19-22)33(40)44-34(2,3)4/h5-17,22,37H,18-20H2,1-4H3. The number of halogens is 2. The SMILES string of the molecule is Cc1ccc(S(=O)(=O)n2c3ccc(Cl)cc3c3cc(Nc4ccc(Cl)cc4)cc(OCC4CN(C(=O)OC(C)(C)C)C4)c32)cc1. The van der Waals surface area contributed by atoms with Crippen molar-refractivity contribution in [3.8, 4) is 5.75 Å². The highest BCUT2D eigenvalue weighted by Gasteiger charge is 2.34. The molecule has 0 unspecified atom stereocenters. The molecule has 1 N–H and O–H groups in total. The van der Waals surface area contributed by atoms with Crippen LogP contribution in [0.1, 0.15) is 26.3 Å². The minimum Gasteiger partial charge on any atom is -0.491 e. The first-order valence-corrected chi connectivity index (χ1v) is 16.7. The Hall–Kier alpha value is -3.92. The zero-order valence-electron chi connectivity index (χ0n) is 25.3. The van der Waals surface area contributed by atoms with E-state index in [0.29, 0.717) is 56.4 Å². The third-order valence-electron chi connectivity index (χ3n) is 7.52. The highest BCUT2D eigenvalue weighted by atomic mass is 35.5. The van der Waals surface area contributed by atoms with Crippen molar-refractivity contribution in [1.82, 2.24) is 8.87 Å². The van der Waals surface area contributed by atoms with Gasteiger partial charge in [-0.05, 0) is 88.4 Å². The van der Waals surface area contributed by atoms with Gasteiger partial charge in [0.1, 0.15) is 16.9 Å². The maximum Gasteiger partial charge on any atom is 0.410 e. The zero-order valence-corrected chi connectivity index (χ0v) is 27.6. The van der Waals surface area contributed by atoms with Crippen LogP contribution in [0, 0.1) is 12.8 Å². The Morgan fingerprint density at radius 2 is 1.56 bits per heavy atom. The monoisotopic (exact) mass is 665 g/mol. The van der Waals surface area contributed by atoms with Crippen LogP contribution in [0.4, 0.5) is 16.2 Å². The maximum atomic E-state index is 14.3. The molecule has 6 rings (SSSR count). The summed E-state index contributed by atoms with van der Waals surface area (Å²) in [5.41, 5.74) is 2.73. The Labute approximate surface area is 272 Å². The molecule has 5 aromatic rings. The number of carbonyl (C=O) groups excluding carboxylic acids is 1. The lowest BCUT2D eigenvalue weighted by Gasteiger charge is -2.39. The van der Waals surface area contributed by atoms with E-state index in [1.54, 1.807) is 65.6 Å². The minimum absolute atomic E-state index is 0.0430. The molecule has 1 amide bonds. The summed E-state index contributed by atoms with van der Waals surface area (Å²) in [6.07, 6.45) is -0.364. The van der Waals surface area contributed by atoms with E-state index < -0.39 is 15.6 Å². The molecule has 1 saturated heterocycles. The molecule has 0 atom stereocenters. The summed E-state index contributed by atoms with van der Waals surface area (Å²) in [5.74, 6) is 0.420. The van der Waals surface area contributed by atoms with Crippen LogP contribution in [0.3, 0.4) is 0 Å². The number of fused-ring (bicyclic) bond motifs is 3. The summed E-state index contributed by atoms with van der Waals surface area (Å²) in [5, 5.41) is 5.79. The second-order valence-corrected chi connectivity index (χ2v) is 15.0. The fourth-order valence-electron chi connectivity index (χ4n) is 5.35. The van der Waals surface area contributed by atoms with E-state index >= 15 is 0 Å². The molecule has 1 aliphatic heterocycles. The third kappa shape index (κ3) is 6.43. The van der Waals surface area contributed by atoms with Crippen molar-refractivity contribution >= 4 is 72.5 Å². The molecule has 234 valence electrons. The van der Waals surface area contributed by atoms with Crippen molar-refractivity contribution in [2.45, 2.75) is 38.2 Å². The molecule has 0 radical (unpaired) electrons. The van der Waals surface area contributed by atoms with E-state index in [1.807, 2.05) is 45.9 Å². The number of benzene rings is 4. The first-order valence-electron chi connectivity index (χ1n) is 14.5. The molecular formula is C34H33Cl2N3O5S. The Balaban J connectivity index is 1.44. The van der Waals surface area contributed by atoms with Crippen molar-refractivity contribution in [2.24, 2.45) is 5.92 Å². The molecule has 0 aliphatic carbocycles. The van der Waals surface area contributed by atoms with E-state index in [0.717, 1.165) is 11.3 Å². The van der Waals surface area contributed by atoms with Crippen molar-refractivity contribution in [3.63, 3.8) is 0 Å². The highest BCUT2D eigenvalue weighted by Crippen LogP contribution is 2.41. The number of aromatic nitrogens is 1. The molecule has 11 heteroatoms. The van der Waals surface area contributed by atoms with Gasteiger partial charge in [0, 0.05) is 57.3 Å². The van der Waals surface area contributed by atoms with Gasteiger partial charge in [-0.2, -0.15) is 0 Å². The number of nitrogens with zero attached hydrogens (tertiary/aromatic N) is 2. The Bertz CT molecular complexity index is 2010. The molecule has 0 spiro atoms. The fraction of sp³-hybridized carbons (Fsp3) is 0.265.